The summed E-state index contributed by atoms with van der Waals surface area (Å²) >= 11 is 0. The third-order valence-electron chi connectivity index (χ3n) is 3.03. The summed E-state index contributed by atoms with van der Waals surface area (Å²) in [5.41, 5.74) is 0. The first-order chi connectivity index (χ1) is 5.92. The Labute approximate surface area is 72.5 Å². The number of hydrogen-bond donors (Lipinski definition) is 1. The van der Waals surface area contributed by atoms with Crippen LogP contribution in [0.25, 0.3) is 0 Å². The van der Waals surface area contributed by atoms with Gasteiger partial charge in [-0.05, 0) is 12.8 Å². The van der Waals surface area contributed by atoms with E-state index in [4.69, 9.17) is 4.74 Å². The molecule has 0 radical (unpaired) electrons. The van der Waals surface area contributed by atoms with E-state index in [1.54, 1.807) is 0 Å². The van der Waals surface area contributed by atoms with Gasteiger partial charge in [-0.1, -0.05) is 0 Å². The van der Waals surface area contributed by atoms with Crippen LogP contribution in [-0.2, 0) is 4.74 Å². The van der Waals surface area contributed by atoms with Gasteiger partial charge in [-0.2, -0.15) is 0 Å². The summed E-state index contributed by atoms with van der Waals surface area (Å²) in [7, 11) is 0. The van der Waals surface area contributed by atoms with Gasteiger partial charge >= 0.3 is 0 Å². The van der Waals surface area contributed by atoms with Crippen LogP contribution >= 0.6 is 0 Å². The van der Waals surface area contributed by atoms with E-state index in [-0.39, 0.29) is 12.6 Å². The number of hydrogen-bond acceptors (Lipinski definition) is 2. The van der Waals surface area contributed by atoms with Gasteiger partial charge in [0.25, 0.3) is 0 Å². The van der Waals surface area contributed by atoms with Crippen molar-refractivity contribution in [2.45, 2.75) is 18.9 Å². The maximum absolute atomic E-state index is 12.5. The lowest BCUT2D eigenvalue weighted by Crippen LogP contribution is -2.27. The van der Waals surface area contributed by atoms with Gasteiger partial charge in [0.15, 0.2) is 0 Å². The fourth-order valence-electron chi connectivity index (χ4n) is 2.30. The molecule has 1 N–H and O–H groups in total. The first kappa shape index (κ1) is 8.45. The van der Waals surface area contributed by atoms with E-state index in [0.717, 1.165) is 32.5 Å². The molecule has 0 aromatic carbocycles. The number of rotatable bonds is 2. The molecule has 0 saturated carbocycles. The first-order valence-corrected chi connectivity index (χ1v) is 4.80. The zero-order chi connectivity index (χ0) is 8.39. The fraction of sp³-hybridized carbons (Fsp3) is 1.00. The molecule has 2 rings (SSSR count). The molecule has 2 nitrogen and oxygen atoms in total. The monoisotopic (exact) mass is 173 g/mol. The minimum absolute atomic E-state index is 0.197. The highest BCUT2D eigenvalue weighted by atomic mass is 19.1. The van der Waals surface area contributed by atoms with E-state index < -0.39 is 0 Å². The Morgan fingerprint density at radius 2 is 2.33 bits per heavy atom. The third-order valence-corrected chi connectivity index (χ3v) is 3.03. The summed E-state index contributed by atoms with van der Waals surface area (Å²) in [6.07, 6.45) is 2.61. The molecule has 0 amide bonds. The van der Waals surface area contributed by atoms with Crippen molar-refractivity contribution in [3.05, 3.63) is 0 Å². The molecule has 3 atom stereocenters. The van der Waals surface area contributed by atoms with Crippen LogP contribution in [0.15, 0.2) is 0 Å². The molecule has 12 heavy (non-hydrogen) atoms. The molecule has 0 aromatic rings. The predicted octanol–water partition coefficient (Wildman–Crippen LogP) is 0.970. The molecule has 2 aliphatic heterocycles. The summed E-state index contributed by atoms with van der Waals surface area (Å²) in [6, 6.07) is 0. The Hall–Kier alpha value is -0.150. The van der Waals surface area contributed by atoms with Crippen LogP contribution in [-0.4, -0.2) is 32.5 Å². The Kier molecular flexibility index (Phi) is 2.61. The number of halogens is 1. The minimum Gasteiger partial charge on any atom is -0.378 e. The summed E-state index contributed by atoms with van der Waals surface area (Å²) < 4.78 is 18.1. The molecular formula is C9H16FNO. The highest BCUT2D eigenvalue weighted by Crippen LogP contribution is 2.28. The van der Waals surface area contributed by atoms with Gasteiger partial charge in [0.2, 0.25) is 0 Å². The summed E-state index contributed by atoms with van der Waals surface area (Å²) in [4.78, 5) is 0. The Balaban J connectivity index is 1.92. The fourth-order valence-corrected chi connectivity index (χ4v) is 2.30. The van der Waals surface area contributed by atoms with Crippen LogP contribution in [0.3, 0.4) is 0 Å². The van der Waals surface area contributed by atoms with Gasteiger partial charge in [-0.3, -0.25) is 4.39 Å². The maximum Gasteiger partial charge on any atom is 0.0938 e. The Morgan fingerprint density at radius 3 is 3.00 bits per heavy atom. The lowest BCUT2D eigenvalue weighted by atomic mass is 9.90. The van der Waals surface area contributed by atoms with Crippen molar-refractivity contribution in [3.8, 4) is 0 Å². The number of alkyl halides is 1. The number of nitrogens with one attached hydrogen (secondary N) is 1. The van der Waals surface area contributed by atoms with Gasteiger partial charge in [-0.25, -0.2) is 0 Å². The summed E-state index contributed by atoms with van der Waals surface area (Å²) in [5.74, 6) is 0.630. The van der Waals surface area contributed by atoms with Crippen LogP contribution in [0.5, 0.6) is 0 Å². The van der Waals surface area contributed by atoms with E-state index in [0.29, 0.717) is 12.0 Å². The standard InChI is InChI=1S/C9H16FNO/c10-4-7-5-11-6-8(7)9-2-1-3-12-9/h7-9,11H,1-6H2. The van der Waals surface area contributed by atoms with Crippen LogP contribution < -0.4 is 5.32 Å². The summed E-state index contributed by atoms with van der Waals surface area (Å²) in [5, 5.41) is 3.23. The largest absolute Gasteiger partial charge is 0.378 e. The average Bonchev–Trinajstić information content (AvgIpc) is 2.74. The molecule has 2 fully saturated rings. The van der Waals surface area contributed by atoms with Crippen LogP contribution in [0, 0.1) is 11.8 Å². The van der Waals surface area contributed by atoms with Crippen molar-refractivity contribution in [1.82, 2.24) is 5.32 Å². The average molecular weight is 173 g/mol. The van der Waals surface area contributed by atoms with E-state index in [1.165, 1.54) is 0 Å². The first-order valence-electron chi connectivity index (χ1n) is 4.80. The SMILES string of the molecule is FCC1CNCC1C1CCCO1. The molecule has 0 aromatic heterocycles. The smallest absolute Gasteiger partial charge is 0.0938 e. The van der Waals surface area contributed by atoms with Gasteiger partial charge < -0.3 is 10.1 Å². The van der Waals surface area contributed by atoms with Crippen LogP contribution in [0.2, 0.25) is 0 Å². The molecule has 3 unspecified atom stereocenters. The predicted molar refractivity (Wildman–Crippen MR) is 44.8 cm³/mol. The van der Waals surface area contributed by atoms with Crippen molar-refractivity contribution < 1.29 is 9.13 Å². The van der Waals surface area contributed by atoms with Gasteiger partial charge in [0.05, 0.1) is 12.8 Å². The van der Waals surface area contributed by atoms with Crippen LogP contribution in [0.4, 0.5) is 4.39 Å². The molecule has 3 heteroatoms. The quantitative estimate of drug-likeness (QED) is 0.672. The second kappa shape index (κ2) is 3.71. The Bertz CT molecular complexity index is 147. The molecule has 0 spiro atoms. The molecule has 70 valence electrons. The molecule has 2 heterocycles. The zero-order valence-electron chi connectivity index (χ0n) is 7.26. The van der Waals surface area contributed by atoms with E-state index in [1.807, 2.05) is 0 Å². The van der Waals surface area contributed by atoms with Crippen molar-refractivity contribution in [3.63, 3.8) is 0 Å². The van der Waals surface area contributed by atoms with Gasteiger partial charge in [0.1, 0.15) is 0 Å². The lowest BCUT2D eigenvalue weighted by Gasteiger charge is -2.21. The maximum atomic E-state index is 12.5. The van der Waals surface area contributed by atoms with Gasteiger partial charge in [0, 0.05) is 31.5 Å². The second-order valence-corrected chi connectivity index (χ2v) is 3.79. The Morgan fingerprint density at radius 1 is 1.42 bits per heavy atom. The molecule has 0 aliphatic carbocycles. The highest BCUT2D eigenvalue weighted by Gasteiger charge is 2.35. The van der Waals surface area contributed by atoms with Crippen molar-refractivity contribution in [2.75, 3.05) is 26.4 Å². The molecule has 0 bridgehead atoms. The van der Waals surface area contributed by atoms with Gasteiger partial charge in [-0.15, -0.1) is 0 Å². The third kappa shape index (κ3) is 1.48. The summed E-state index contributed by atoms with van der Waals surface area (Å²) in [6.45, 7) is 2.46. The van der Waals surface area contributed by atoms with E-state index in [2.05, 4.69) is 5.32 Å². The number of ether oxygens (including phenoxy) is 1. The van der Waals surface area contributed by atoms with E-state index >= 15 is 0 Å². The topological polar surface area (TPSA) is 21.3 Å². The van der Waals surface area contributed by atoms with Crippen molar-refractivity contribution >= 4 is 0 Å². The molecular weight excluding hydrogens is 157 g/mol. The minimum atomic E-state index is -0.197. The second-order valence-electron chi connectivity index (χ2n) is 3.79. The zero-order valence-corrected chi connectivity index (χ0v) is 7.26. The van der Waals surface area contributed by atoms with Crippen molar-refractivity contribution in [1.29, 1.82) is 0 Å². The molecule has 2 saturated heterocycles. The van der Waals surface area contributed by atoms with Crippen LogP contribution in [0.1, 0.15) is 12.8 Å². The molecule has 2 aliphatic rings. The lowest BCUT2D eigenvalue weighted by molar-refractivity contribution is 0.0492. The normalized spacial score (nSPS) is 42.2. The van der Waals surface area contributed by atoms with Crippen molar-refractivity contribution in [2.24, 2.45) is 11.8 Å². The highest BCUT2D eigenvalue weighted by molar-refractivity contribution is 4.87. The van der Waals surface area contributed by atoms with E-state index in [9.17, 15) is 4.39 Å².